The van der Waals surface area contributed by atoms with Crippen molar-refractivity contribution in [2.24, 2.45) is 0 Å². The second kappa shape index (κ2) is 9.55. The fourth-order valence-electron chi connectivity index (χ4n) is 2.77. The highest BCUT2D eigenvalue weighted by atomic mass is 35.5. The molecule has 1 N–H and O–H groups in total. The molecule has 0 radical (unpaired) electrons. The van der Waals surface area contributed by atoms with Crippen molar-refractivity contribution in [3.63, 3.8) is 0 Å². The molecule has 3 aromatic rings. The third-order valence-electron chi connectivity index (χ3n) is 4.38. The zero-order chi connectivity index (χ0) is 21.7. The van der Waals surface area contributed by atoms with E-state index in [-0.39, 0.29) is 11.4 Å². The number of aryl methyl sites for hydroxylation is 1. The average molecular weight is 461 g/mol. The summed E-state index contributed by atoms with van der Waals surface area (Å²) >= 11 is 7.40. The van der Waals surface area contributed by atoms with Crippen LogP contribution in [0.2, 0.25) is 5.02 Å². The molecule has 0 aliphatic rings. The molecule has 0 fully saturated rings. The molecule has 30 heavy (non-hydrogen) atoms. The third-order valence-corrected chi connectivity index (χ3v) is 7.17. The maximum Gasteiger partial charge on any atom is 0.264 e. The molecule has 3 aromatic carbocycles. The minimum atomic E-state index is -3.94. The number of anilines is 2. The van der Waals surface area contributed by atoms with Gasteiger partial charge in [-0.15, -0.1) is 11.8 Å². The summed E-state index contributed by atoms with van der Waals surface area (Å²) in [5.41, 5.74) is 1.95. The zero-order valence-corrected chi connectivity index (χ0v) is 18.9. The highest BCUT2D eigenvalue weighted by molar-refractivity contribution is 7.98. The molecule has 0 aromatic heterocycles. The second-order valence-electron chi connectivity index (χ2n) is 6.58. The molecule has 8 heteroatoms. The summed E-state index contributed by atoms with van der Waals surface area (Å²) in [5, 5.41) is 3.26. The number of rotatable bonds is 7. The minimum Gasteiger partial charge on any atom is -0.325 e. The lowest BCUT2D eigenvalue weighted by Crippen LogP contribution is -2.38. The Labute approximate surface area is 186 Å². The van der Waals surface area contributed by atoms with E-state index in [0.717, 1.165) is 14.8 Å². The van der Waals surface area contributed by atoms with Crippen LogP contribution in [-0.2, 0) is 14.8 Å². The Morgan fingerprint density at radius 2 is 1.57 bits per heavy atom. The number of nitrogens with one attached hydrogen (secondary N) is 1. The van der Waals surface area contributed by atoms with Crippen LogP contribution < -0.4 is 9.62 Å². The van der Waals surface area contributed by atoms with Crippen LogP contribution in [0.1, 0.15) is 5.56 Å². The Balaban J connectivity index is 1.92. The van der Waals surface area contributed by atoms with E-state index in [4.69, 9.17) is 11.6 Å². The lowest BCUT2D eigenvalue weighted by molar-refractivity contribution is -0.114. The Bertz CT molecular complexity index is 1110. The zero-order valence-electron chi connectivity index (χ0n) is 16.5. The summed E-state index contributed by atoms with van der Waals surface area (Å²) in [5.74, 6) is -0.456. The molecule has 156 valence electrons. The molecule has 0 saturated carbocycles. The predicted octanol–water partition coefficient (Wildman–Crippen LogP) is 5.20. The maximum absolute atomic E-state index is 13.4. The second-order valence-corrected chi connectivity index (χ2v) is 9.76. The number of hydrogen-bond acceptors (Lipinski definition) is 4. The average Bonchev–Trinajstić information content (AvgIpc) is 2.74. The summed E-state index contributed by atoms with van der Waals surface area (Å²) in [6, 6.07) is 20.2. The van der Waals surface area contributed by atoms with Crippen LogP contribution in [0.4, 0.5) is 11.4 Å². The molecule has 5 nitrogen and oxygen atoms in total. The highest BCUT2D eigenvalue weighted by Crippen LogP contribution is 2.26. The normalized spacial score (nSPS) is 11.2. The van der Waals surface area contributed by atoms with Gasteiger partial charge in [0.2, 0.25) is 5.91 Å². The molecule has 0 heterocycles. The van der Waals surface area contributed by atoms with Gasteiger partial charge < -0.3 is 5.32 Å². The molecule has 0 aliphatic heterocycles. The Hall–Kier alpha value is -2.48. The fourth-order valence-corrected chi connectivity index (χ4v) is 4.72. The fraction of sp³-hybridized carbons (Fsp3) is 0.136. The molecule has 0 spiro atoms. The lowest BCUT2D eigenvalue weighted by atomic mass is 10.2. The van der Waals surface area contributed by atoms with Gasteiger partial charge in [-0.3, -0.25) is 9.10 Å². The summed E-state index contributed by atoms with van der Waals surface area (Å²) in [6.45, 7) is 1.55. The summed E-state index contributed by atoms with van der Waals surface area (Å²) in [4.78, 5) is 13.8. The molecule has 3 rings (SSSR count). The van der Waals surface area contributed by atoms with E-state index in [1.54, 1.807) is 60.7 Å². The molecular weight excluding hydrogens is 440 g/mol. The van der Waals surface area contributed by atoms with Crippen molar-refractivity contribution in [2.45, 2.75) is 16.7 Å². The summed E-state index contributed by atoms with van der Waals surface area (Å²) in [6.07, 6.45) is 1.92. The van der Waals surface area contributed by atoms with Gasteiger partial charge in [-0.05, 0) is 73.8 Å². The van der Waals surface area contributed by atoms with Crippen molar-refractivity contribution in [3.8, 4) is 0 Å². The van der Waals surface area contributed by atoms with Crippen LogP contribution in [0.15, 0.2) is 82.6 Å². The quantitative estimate of drug-likeness (QED) is 0.492. The van der Waals surface area contributed by atoms with Gasteiger partial charge in [0.05, 0.1) is 10.6 Å². The predicted molar refractivity (Wildman–Crippen MR) is 124 cm³/mol. The smallest absolute Gasteiger partial charge is 0.264 e. The van der Waals surface area contributed by atoms with Crippen LogP contribution in [0, 0.1) is 6.92 Å². The van der Waals surface area contributed by atoms with Gasteiger partial charge in [0.1, 0.15) is 6.54 Å². The first-order valence-electron chi connectivity index (χ1n) is 9.08. The Kier molecular flexibility index (Phi) is 7.07. The number of halogens is 1. The van der Waals surface area contributed by atoms with Gasteiger partial charge in [0.25, 0.3) is 10.0 Å². The molecule has 0 atom stereocenters. The van der Waals surface area contributed by atoms with E-state index < -0.39 is 15.9 Å². The van der Waals surface area contributed by atoms with Gasteiger partial charge in [0.15, 0.2) is 0 Å². The number of carbonyl (C=O) groups excluding carboxylic acids is 1. The number of benzene rings is 3. The Morgan fingerprint density at radius 3 is 2.13 bits per heavy atom. The van der Waals surface area contributed by atoms with Crippen molar-refractivity contribution >= 4 is 50.7 Å². The molecule has 0 aliphatic carbocycles. The summed E-state index contributed by atoms with van der Waals surface area (Å²) < 4.78 is 27.9. The van der Waals surface area contributed by atoms with Crippen molar-refractivity contribution in [2.75, 3.05) is 22.4 Å². The van der Waals surface area contributed by atoms with E-state index in [2.05, 4.69) is 5.32 Å². The van der Waals surface area contributed by atoms with Crippen molar-refractivity contribution in [1.82, 2.24) is 0 Å². The minimum absolute atomic E-state index is 0.125. The molecular formula is C22H21ClN2O3S2. The van der Waals surface area contributed by atoms with Crippen molar-refractivity contribution in [1.29, 1.82) is 0 Å². The number of carbonyl (C=O) groups is 1. The van der Waals surface area contributed by atoms with Crippen LogP contribution in [-0.4, -0.2) is 27.1 Å². The van der Waals surface area contributed by atoms with E-state index in [0.29, 0.717) is 16.4 Å². The van der Waals surface area contributed by atoms with E-state index >= 15 is 0 Å². The number of thioether (sulfide) groups is 1. The first kappa shape index (κ1) is 22.2. The summed E-state index contributed by atoms with van der Waals surface area (Å²) in [7, 11) is -3.94. The maximum atomic E-state index is 13.4. The van der Waals surface area contributed by atoms with Gasteiger partial charge in [0, 0.05) is 15.6 Å². The first-order chi connectivity index (χ1) is 14.3. The standard InChI is InChI=1S/C22H21ClN2O3S2/c1-16-3-9-19(10-4-16)25(15-22(26)24-18-7-5-17(23)6-8-18)30(27,28)21-13-11-20(29-2)12-14-21/h3-14H,15H2,1-2H3,(H,24,26). The van der Waals surface area contributed by atoms with Gasteiger partial charge in [-0.25, -0.2) is 8.42 Å². The molecule has 0 bridgehead atoms. The van der Waals surface area contributed by atoms with Crippen molar-refractivity contribution < 1.29 is 13.2 Å². The van der Waals surface area contributed by atoms with Crippen LogP contribution >= 0.6 is 23.4 Å². The first-order valence-corrected chi connectivity index (χ1v) is 12.1. The van der Waals surface area contributed by atoms with E-state index in [1.807, 2.05) is 25.3 Å². The number of hydrogen-bond donors (Lipinski definition) is 1. The topological polar surface area (TPSA) is 66.5 Å². The van der Waals surface area contributed by atoms with Crippen LogP contribution in [0.5, 0.6) is 0 Å². The number of sulfonamides is 1. The molecule has 1 amide bonds. The molecule has 0 saturated heterocycles. The SMILES string of the molecule is CSc1ccc(S(=O)(=O)N(CC(=O)Nc2ccc(Cl)cc2)c2ccc(C)cc2)cc1. The van der Waals surface area contributed by atoms with Gasteiger partial charge in [-0.1, -0.05) is 29.3 Å². The van der Waals surface area contributed by atoms with Gasteiger partial charge in [-0.2, -0.15) is 0 Å². The third kappa shape index (κ3) is 5.36. The molecule has 0 unspecified atom stereocenters. The lowest BCUT2D eigenvalue weighted by Gasteiger charge is -2.24. The largest absolute Gasteiger partial charge is 0.325 e. The van der Waals surface area contributed by atoms with E-state index in [1.165, 1.54) is 11.8 Å². The van der Waals surface area contributed by atoms with Crippen LogP contribution in [0.3, 0.4) is 0 Å². The number of nitrogens with zero attached hydrogens (tertiary/aromatic N) is 1. The Morgan fingerprint density at radius 1 is 0.967 bits per heavy atom. The highest BCUT2D eigenvalue weighted by Gasteiger charge is 2.27. The van der Waals surface area contributed by atoms with Gasteiger partial charge >= 0.3 is 0 Å². The van der Waals surface area contributed by atoms with Crippen LogP contribution in [0.25, 0.3) is 0 Å². The monoisotopic (exact) mass is 460 g/mol. The number of amides is 1. The van der Waals surface area contributed by atoms with Crippen molar-refractivity contribution in [3.05, 3.63) is 83.4 Å². The van der Waals surface area contributed by atoms with E-state index in [9.17, 15) is 13.2 Å².